The first kappa shape index (κ1) is 16.5. The highest BCUT2D eigenvalue weighted by molar-refractivity contribution is 5.14. The fourth-order valence-electron chi connectivity index (χ4n) is 3.34. The van der Waals surface area contributed by atoms with E-state index in [2.05, 4.69) is 66.5 Å². The Labute approximate surface area is 130 Å². The minimum absolute atomic E-state index is 0.603. The largest absolute Gasteiger partial charge is 0.313 e. The van der Waals surface area contributed by atoms with Crippen molar-refractivity contribution in [3.63, 3.8) is 0 Å². The molecular weight excluding hydrogens is 258 g/mol. The van der Waals surface area contributed by atoms with Crippen LogP contribution in [0.15, 0.2) is 30.3 Å². The third-order valence-corrected chi connectivity index (χ3v) is 4.65. The predicted octanol–water partition coefficient (Wildman–Crippen LogP) is 2.23. The number of rotatable bonds is 7. The Morgan fingerprint density at radius 1 is 1.19 bits per heavy atom. The smallest absolute Gasteiger partial charge is 0.0373 e. The van der Waals surface area contributed by atoms with Gasteiger partial charge in [-0.05, 0) is 45.5 Å². The number of nitrogens with one attached hydrogen (secondary N) is 1. The molecule has 0 bridgehead atoms. The van der Waals surface area contributed by atoms with Gasteiger partial charge >= 0.3 is 0 Å². The molecule has 1 N–H and O–H groups in total. The summed E-state index contributed by atoms with van der Waals surface area (Å²) in [5.41, 5.74) is 1.46. The topological polar surface area (TPSA) is 18.5 Å². The molecule has 1 aromatic carbocycles. The number of likely N-dealkylation sites (N-methyl/N-ethyl adjacent to an activating group) is 3. The summed E-state index contributed by atoms with van der Waals surface area (Å²) in [6.45, 7) is 6.83. The molecule has 1 aliphatic heterocycles. The molecule has 0 radical (unpaired) electrons. The average molecular weight is 289 g/mol. The third-order valence-electron chi connectivity index (χ3n) is 4.65. The number of hydrogen-bond acceptors (Lipinski definition) is 3. The molecule has 0 spiro atoms. The van der Waals surface area contributed by atoms with E-state index in [1.165, 1.54) is 44.5 Å². The van der Waals surface area contributed by atoms with Crippen molar-refractivity contribution in [2.24, 2.45) is 0 Å². The number of aryl methyl sites for hydroxylation is 1. The molecule has 2 unspecified atom stereocenters. The van der Waals surface area contributed by atoms with Gasteiger partial charge in [0.2, 0.25) is 0 Å². The fourth-order valence-corrected chi connectivity index (χ4v) is 3.34. The summed E-state index contributed by atoms with van der Waals surface area (Å²) in [4.78, 5) is 5.00. The Bertz CT molecular complexity index is 393. The maximum atomic E-state index is 3.72. The van der Waals surface area contributed by atoms with Crippen molar-refractivity contribution in [1.29, 1.82) is 0 Å². The molecule has 0 amide bonds. The van der Waals surface area contributed by atoms with Crippen LogP contribution >= 0.6 is 0 Å². The van der Waals surface area contributed by atoms with Crippen LogP contribution in [0.1, 0.15) is 25.3 Å². The van der Waals surface area contributed by atoms with E-state index in [9.17, 15) is 0 Å². The van der Waals surface area contributed by atoms with E-state index >= 15 is 0 Å². The summed E-state index contributed by atoms with van der Waals surface area (Å²) < 4.78 is 0. The second-order valence-corrected chi connectivity index (χ2v) is 6.35. The minimum atomic E-state index is 0.603. The van der Waals surface area contributed by atoms with Crippen LogP contribution in [0, 0.1) is 0 Å². The summed E-state index contributed by atoms with van der Waals surface area (Å²) in [5.74, 6) is 0. The van der Waals surface area contributed by atoms with Gasteiger partial charge in [-0.15, -0.1) is 0 Å². The SMILES string of the molecule is CCNC(CCCc1ccccc1)C1CN(C)CCN1C. The molecular formula is C18H31N3. The molecule has 3 nitrogen and oxygen atoms in total. The maximum absolute atomic E-state index is 3.72. The van der Waals surface area contributed by atoms with Gasteiger partial charge in [-0.2, -0.15) is 0 Å². The number of hydrogen-bond donors (Lipinski definition) is 1. The molecule has 0 aliphatic carbocycles. The number of nitrogens with zero attached hydrogens (tertiary/aromatic N) is 2. The Hall–Kier alpha value is -0.900. The lowest BCUT2D eigenvalue weighted by atomic mass is 9.97. The van der Waals surface area contributed by atoms with Crippen LogP contribution < -0.4 is 5.32 Å². The van der Waals surface area contributed by atoms with Crippen LogP contribution in [0.5, 0.6) is 0 Å². The lowest BCUT2D eigenvalue weighted by Crippen LogP contribution is -2.58. The molecule has 1 aliphatic rings. The lowest BCUT2D eigenvalue weighted by molar-refractivity contribution is 0.0851. The molecule has 0 saturated carbocycles. The van der Waals surface area contributed by atoms with Crippen LogP contribution in [0.2, 0.25) is 0 Å². The first-order valence-corrected chi connectivity index (χ1v) is 8.36. The molecule has 0 aromatic heterocycles. The second-order valence-electron chi connectivity index (χ2n) is 6.35. The molecule has 2 rings (SSSR count). The van der Waals surface area contributed by atoms with Crippen LogP contribution in [0.3, 0.4) is 0 Å². The second kappa shape index (κ2) is 8.52. The third kappa shape index (κ3) is 5.10. The minimum Gasteiger partial charge on any atom is -0.313 e. The first-order chi connectivity index (χ1) is 10.2. The van der Waals surface area contributed by atoms with Crippen molar-refractivity contribution >= 4 is 0 Å². The van der Waals surface area contributed by atoms with E-state index < -0.39 is 0 Å². The van der Waals surface area contributed by atoms with E-state index in [4.69, 9.17) is 0 Å². The maximum Gasteiger partial charge on any atom is 0.0373 e. The summed E-state index contributed by atoms with van der Waals surface area (Å²) in [7, 11) is 4.52. The highest BCUT2D eigenvalue weighted by Gasteiger charge is 2.28. The van der Waals surface area contributed by atoms with Crippen molar-refractivity contribution in [1.82, 2.24) is 15.1 Å². The van der Waals surface area contributed by atoms with Gasteiger partial charge in [-0.1, -0.05) is 37.3 Å². The van der Waals surface area contributed by atoms with Gasteiger partial charge < -0.3 is 10.2 Å². The zero-order valence-corrected chi connectivity index (χ0v) is 13.9. The van der Waals surface area contributed by atoms with Gasteiger partial charge in [0.15, 0.2) is 0 Å². The molecule has 1 saturated heterocycles. The van der Waals surface area contributed by atoms with Gasteiger partial charge in [0.25, 0.3) is 0 Å². The molecule has 118 valence electrons. The number of piperazine rings is 1. The van der Waals surface area contributed by atoms with Crippen LogP contribution in [-0.2, 0) is 6.42 Å². The fraction of sp³-hybridized carbons (Fsp3) is 0.667. The van der Waals surface area contributed by atoms with E-state index in [0.29, 0.717) is 12.1 Å². The first-order valence-electron chi connectivity index (χ1n) is 8.36. The zero-order chi connectivity index (χ0) is 15.1. The Kier molecular flexibility index (Phi) is 6.68. The summed E-state index contributed by atoms with van der Waals surface area (Å²) in [5, 5.41) is 3.72. The number of benzene rings is 1. The predicted molar refractivity (Wildman–Crippen MR) is 90.8 cm³/mol. The van der Waals surface area contributed by atoms with Crippen molar-refractivity contribution in [2.75, 3.05) is 40.3 Å². The van der Waals surface area contributed by atoms with Crippen molar-refractivity contribution in [3.05, 3.63) is 35.9 Å². The lowest BCUT2D eigenvalue weighted by Gasteiger charge is -2.42. The summed E-state index contributed by atoms with van der Waals surface area (Å²) in [6, 6.07) is 12.1. The Balaban J connectivity index is 1.86. The average Bonchev–Trinajstić information content (AvgIpc) is 2.50. The van der Waals surface area contributed by atoms with Crippen molar-refractivity contribution < 1.29 is 0 Å². The van der Waals surface area contributed by atoms with Gasteiger partial charge in [0.05, 0.1) is 0 Å². The van der Waals surface area contributed by atoms with Gasteiger partial charge in [0, 0.05) is 31.7 Å². The van der Waals surface area contributed by atoms with Crippen molar-refractivity contribution in [3.8, 4) is 0 Å². The van der Waals surface area contributed by atoms with Crippen molar-refractivity contribution in [2.45, 2.75) is 38.3 Å². The van der Waals surface area contributed by atoms with E-state index in [1.807, 2.05) is 0 Å². The van der Waals surface area contributed by atoms with Crippen LogP contribution in [0.25, 0.3) is 0 Å². The molecule has 1 aromatic rings. The zero-order valence-electron chi connectivity index (χ0n) is 13.9. The van der Waals surface area contributed by atoms with Gasteiger partial charge in [-0.3, -0.25) is 4.90 Å². The van der Waals surface area contributed by atoms with Gasteiger partial charge in [0.1, 0.15) is 0 Å². The van der Waals surface area contributed by atoms with E-state index in [-0.39, 0.29) is 0 Å². The highest BCUT2D eigenvalue weighted by atomic mass is 15.3. The van der Waals surface area contributed by atoms with E-state index in [0.717, 1.165) is 6.54 Å². The Morgan fingerprint density at radius 3 is 2.67 bits per heavy atom. The summed E-state index contributed by atoms with van der Waals surface area (Å²) in [6.07, 6.45) is 3.70. The highest BCUT2D eigenvalue weighted by Crippen LogP contribution is 2.15. The quantitative estimate of drug-likeness (QED) is 0.830. The van der Waals surface area contributed by atoms with Gasteiger partial charge in [-0.25, -0.2) is 0 Å². The molecule has 2 atom stereocenters. The monoisotopic (exact) mass is 289 g/mol. The summed E-state index contributed by atoms with van der Waals surface area (Å²) >= 11 is 0. The molecule has 21 heavy (non-hydrogen) atoms. The van der Waals surface area contributed by atoms with E-state index in [1.54, 1.807) is 0 Å². The normalized spacial score (nSPS) is 22.3. The van der Waals surface area contributed by atoms with Crippen LogP contribution in [-0.4, -0.2) is 62.2 Å². The molecule has 1 heterocycles. The molecule has 1 fully saturated rings. The standard InChI is InChI=1S/C18H31N3/c1-4-19-17(18-15-20(2)13-14-21(18)3)12-8-11-16-9-6-5-7-10-16/h5-7,9-10,17-19H,4,8,11-15H2,1-3H3. The molecule has 3 heteroatoms. The van der Waals surface area contributed by atoms with Crippen LogP contribution in [0.4, 0.5) is 0 Å². The Morgan fingerprint density at radius 2 is 1.95 bits per heavy atom.